The molecular formula is C18H17N5O3S2. The normalized spacial score (nSPS) is 10.3. The number of pyridine rings is 1. The zero-order valence-electron chi connectivity index (χ0n) is 14.9. The summed E-state index contributed by atoms with van der Waals surface area (Å²) >= 11 is 2.65. The number of carbonyl (C=O) groups excluding carboxylic acids is 2. The van der Waals surface area contributed by atoms with Crippen molar-refractivity contribution in [2.45, 2.75) is 10.8 Å². The summed E-state index contributed by atoms with van der Waals surface area (Å²) < 4.78 is 5.74. The molecule has 144 valence electrons. The van der Waals surface area contributed by atoms with E-state index in [1.54, 1.807) is 43.8 Å². The van der Waals surface area contributed by atoms with Crippen molar-refractivity contribution < 1.29 is 14.3 Å². The van der Waals surface area contributed by atoms with Gasteiger partial charge in [-0.2, -0.15) is 0 Å². The van der Waals surface area contributed by atoms with Gasteiger partial charge in [-0.15, -0.1) is 10.2 Å². The van der Waals surface area contributed by atoms with Gasteiger partial charge in [-0.3, -0.25) is 25.4 Å². The van der Waals surface area contributed by atoms with Crippen LogP contribution in [0.1, 0.15) is 5.56 Å². The Balaban J connectivity index is 1.40. The Morgan fingerprint density at radius 1 is 1.04 bits per heavy atom. The molecule has 10 heteroatoms. The summed E-state index contributed by atoms with van der Waals surface area (Å²) in [6.07, 6.45) is 3.53. The molecule has 0 saturated carbocycles. The minimum absolute atomic E-state index is 0.119. The SMILES string of the molecule is COc1ccc(CC(=O)NNC(=O)CSc2nnc(-c3ccncc3)s2)cc1. The van der Waals surface area contributed by atoms with E-state index in [4.69, 9.17) is 4.74 Å². The third kappa shape index (κ3) is 5.76. The predicted molar refractivity (Wildman–Crippen MR) is 107 cm³/mol. The number of thioether (sulfide) groups is 1. The van der Waals surface area contributed by atoms with Gasteiger partial charge >= 0.3 is 0 Å². The predicted octanol–water partition coefficient (Wildman–Crippen LogP) is 2.09. The largest absolute Gasteiger partial charge is 0.497 e. The van der Waals surface area contributed by atoms with Crippen LogP contribution in [0.4, 0.5) is 0 Å². The monoisotopic (exact) mass is 415 g/mol. The van der Waals surface area contributed by atoms with Gasteiger partial charge in [0.1, 0.15) is 10.8 Å². The van der Waals surface area contributed by atoms with Crippen LogP contribution in [0.2, 0.25) is 0 Å². The van der Waals surface area contributed by atoms with Gasteiger partial charge in [0, 0.05) is 18.0 Å². The number of nitrogens with one attached hydrogen (secondary N) is 2. The van der Waals surface area contributed by atoms with Crippen molar-refractivity contribution in [3.05, 3.63) is 54.4 Å². The molecule has 0 radical (unpaired) electrons. The molecule has 0 spiro atoms. The van der Waals surface area contributed by atoms with Crippen LogP contribution in [0.25, 0.3) is 10.6 Å². The van der Waals surface area contributed by atoms with E-state index in [1.165, 1.54) is 23.1 Å². The summed E-state index contributed by atoms with van der Waals surface area (Å²) in [6.45, 7) is 0. The fraction of sp³-hybridized carbons (Fsp3) is 0.167. The van der Waals surface area contributed by atoms with E-state index in [0.29, 0.717) is 4.34 Å². The third-order valence-electron chi connectivity index (χ3n) is 3.53. The highest BCUT2D eigenvalue weighted by Crippen LogP contribution is 2.28. The smallest absolute Gasteiger partial charge is 0.248 e. The van der Waals surface area contributed by atoms with E-state index < -0.39 is 0 Å². The molecule has 0 aliphatic heterocycles. The number of ether oxygens (including phenoxy) is 1. The second-order valence-corrected chi connectivity index (χ2v) is 7.72. The van der Waals surface area contributed by atoms with E-state index in [1.807, 2.05) is 12.1 Å². The van der Waals surface area contributed by atoms with Gasteiger partial charge in [0.2, 0.25) is 11.8 Å². The van der Waals surface area contributed by atoms with Crippen LogP contribution in [0.3, 0.4) is 0 Å². The molecule has 0 unspecified atom stereocenters. The van der Waals surface area contributed by atoms with Crippen molar-refractivity contribution in [3.8, 4) is 16.3 Å². The van der Waals surface area contributed by atoms with Gasteiger partial charge in [-0.25, -0.2) is 0 Å². The third-order valence-corrected chi connectivity index (χ3v) is 5.63. The van der Waals surface area contributed by atoms with Crippen molar-refractivity contribution >= 4 is 34.9 Å². The Hall–Kier alpha value is -2.98. The highest BCUT2D eigenvalue weighted by Gasteiger charge is 2.10. The number of aromatic nitrogens is 3. The fourth-order valence-corrected chi connectivity index (χ4v) is 3.81. The minimum Gasteiger partial charge on any atom is -0.497 e. The molecule has 0 atom stereocenters. The number of carbonyl (C=O) groups is 2. The van der Waals surface area contributed by atoms with Crippen molar-refractivity contribution in [3.63, 3.8) is 0 Å². The number of amides is 2. The number of hydrogen-bond donors (Lipinski definition) is 2. The molecule has 0 aliphatic rings. The van der Waals surface area contributed by atoms with E-state index in [0.717, 1.165) is 21.9 Å². The first kappa shape index (κ1) is 19.8. The van der Waals surface area contributed by atoms with E-state index >= 15 is 0 Å². The van der Waals surface area contributed by atoms with Gasteiger partial charge in [0.05, 0.1) is 19.3 Å². The number of nitrogens with zero attached hydrogens (tertiary/aromatic N) is 3. The zero-order valence-corrected chi connectivity index (χ0v) is 16.5. The maximum Gasteiger partial charge on any atom is 0.248 e. The topological polar surface area (TPSA) is 106 Å². The number of hydrazine groups is 1. The van der Waals surface area contributed by atoms with Gasteiger partial charge in [0.15, 0.2) is 4.34 Å². The molecular weight excluding hydrogens is 398 g/mol. The lowest BCUT2D eigenvalue weighted by molar-refractivity contribution is -0.127. The Bertz CT molecular complexity index is 932. The van der Waals surface area contributed by atoms with Crippen LogP contribution in [0.5, 0.6) is 5.75 Å². The second kappa shape index (κ2) is 9.81. The maximum atomic E-state index is 11.9. The summed E-state index contributed by atoms with van der Waals surface area (Å²) in [5, 5.41) is 8.93. The Morgan fingerprint density at radius 2 is 1.75 bits per heavy atom. The first-order valence-electron chi connectivity index (χ1n) is 8.21. The standard InChI is InChI=1S/C18H17N5O3S2/c1-26-14-4-2-12(3-5-14)10-15(24)20-21-16(25)11-27-18-23-22-17(28-18)13-6-8-19-9-7-13/h2-9H,10-11H2,1H3,(H,20,24)(H,21,25). The van der Waals surface area contributed by atoms with Gasteiger partial charge in [0.25, 0.3) is 0 Å². The van der Waals surface area contributed by atoms with Crippen LogP contribution in [-0.2, 0) is 16.0 Å². The van der Waals surface area contributed by atoms with Crippen LogP contribution in [0.15, 0.2) is 53.1 Å². The quantitative estimate of drug-likeness (QED) is 0.449. The fourth-order valence-electron chi connectivity index (χ4n) is 2.16. The molecule has 3 rings (SSSR count). The number of methoxy groups -OCH3 is 1. The summed E-state index contributed by atoms with van der Waals surface area (Å²) in [5.41, 5.74) is 6.55. The lowest BCUT2D eigenvalue weighted by Crippen LogP contribution is -2.43. The maximum absolute atomic E-state index is 11.9. The number of hydrogen-bond acceptors (Lipinski definition) is 8. The summed E-state index contributed by atoms with van der Waals surface area (Å²) in [4.78, 5) is 27.8. The highest BCUT2D eigenvalue weighted by molar-refractivity contribution is 8.01. The lowest BCUT2D eigenvalue weighted by atomic mass is 10.1. The molecule has 2 heterocycles. The van der Waals surface area contributed by atoms with Gasteiger partial charge < -0.3 is 4.74 Å². The first-order valence-corrected chi connectivity index (χ1v) is 10.0. The molecule has 3 aromatic rings. The molecule has 2 N–H and O–H groups in total. The highest BCUT2D eigenvalue weighted by atomic mass is 32.2. The van der Waals surface area contributed by atoms with Crippen LogP contribution < -0.4 is 15.6 Å². The lowest BCUT2D eigenvalue weighted by Gasteiger charge is -2.07. The second-order valence-electron chi connectivity index (χ2n) is 5.52. The van der Waals surface area contributed by atoms with E-state index in [9.17, 15) is 9.59 Å². The molecule has 0 bridgehead atoms. The average molecular weight is 416 g/mol. The van der Waals surface area contributed by atoms with Crippen LogP contribution in [0, 0.1) is 0 Å². The summed E-state index contributed by atoms with van der Waals surface area (Å²) in [5.74, 6) is 0.208. The van der Waals surface area contributed by atoms with Gasteiger partial charge in [-0.05, 0) is 29.8 Å². The molecule has 8 nitrogen and oxygen atoms in total. The zero-order chi connectivity index (χ0) is 19.8. The van der Waals surface area contributed by atoms with Crippen molar-refractivity contribution in [2.24, 2.45) is 0 Å². The minimum atomic E-state index is -0.325. The van der Waals surface area contributed by atoms with Crippen LogP contribution in [-0.4, -0.2) is 39.9 Å². The first-order chi connectivity index (χ1) is 13.6. The van der Waals surface area contributed by atoms with Gasteiger partial charge in [-0.1, -0.05) is 35.2 Å². The molecule has 1 aromatic carbocycles. The summed E-state index contributed by atoms with van der Waals surface area (Å²) in [7, 11) is 1.58. The molecule has 2 aromatic heterocycles. The number of benzene rings is 1. The Kier molecular flexibility index (Phi) is 6.93. The summed E-state index contributed by atoms with van der Waals surface area (Å²) in [6, 6.07) is 10.8. The molecule has 0 fully saturated rings. The number of rotatable bonds is 7. The Morgan fingerprint density at radius 3 is 2.46 bits per heavy atom. The van der Waals surface area contributed by atoms with Crippen LogP contribution >= 0.6 is 23.1 Å². The molecule has 2 amide bonds. The van der Waals surface area contributed by atoms with Crippen molar-refractivity contribution in [1.29, 1.82) is 0 Å². The van der Waals surface area contributed by atoms with E-state index in [2.05, 4.69) is 26.0 Å². The van der Waals surface area contributed by atoms with Crippen molar-refractivity contribution in [1.82, 2.24) is 26.0 Å². The molecule has 0 saturated heterocycles. The Labute approximate surface area is 169 Å². The van der Waals surface area contributed by atoms with Crippen molar-refractivity contribution in [2.75, 3.05) is 12.9 Å². The average Bonchev–Trinajstić information content (AvgIpc) is 3.21. The molecule has 28 heavy (non-hydrogen) atoms. The molecule has 0 aliphatic carbocycles. The van der Waals surface area contributed by atoms with E-state index in [-0.39, 0.29) is 24.0 Å².